The molecule has 0 bridgehead atoms. The van der Waals surface area contributed by atoms with E-state index in [0.717, 1.165) is 24.0 Å². The zero-order valence-corrected chi connectivity index (χ0v) is 10.9. The molecule has 0 aromatic carbocycles. The van der Waals surface area contributed by atoms with Crippen molar-refractivity contribution in [1.82, 2.24) is 10.2 Å². The van der Waals surface area contributed by atoms with Crippen molar-refractivity contribution in [2.75, 3.05) is 26.7 Å². The normalized spacial score (nSPS) is 29.1. The van der Waals surface area contributed by atoms with Crippen LogP contribution < -0.4 is 5.32 Å². The molecule has 2 atom stereocenters. The highest BCUT2D eigenvalue weighted by Gasteiger charge is 2.35. The maximum Gasteiger partial charge on any atom is 0.0234 e. The van der Waals surface area contributed by atoms with Crippen LogP contribution in [0.4, 0.5) is 0 Å². The number of fused-ring (bicyclic) bond motifs is 1. The van der Waals surface area contributed by atoms with Gasteiger partial charge in [-0.25, -0.2) is 0 Å². The van der Waals surface area contributed by atoms with Crippen molar-refractivity contribution in [2.24, 2.45) is 11.8 Å². The topological polar surface area (TPSA) is 15.3 Å². The van der Waals surface area contributed by atoms with E-state index in [9.17, 15) is 0 Å². The average molecular weight is 232 g/mol. The quantitative estimate of drug-likeness (QED) is 0.733. The van der Waals surface area contributed by atoms with Gasteiger partial charge in [0.1, 0.15) is 0 Å². The molecule has 0 amide bonds. The lowest BCUT2D eigenvalue weighted by Crippen LogP contribution is -2.24. The molecule has 17 heavy (non-hydrogen) atoms. The fraction of sp³-hybridized carbons (Fsp3) is 0.600. The van der Waals surface area contributed by atoms with Crippen LogP contribution in [0.2, 0.25) is 0 Å². The third-order valence-electron chi connectivity index (χ3n) is 4.14. The Labute approximate surface area is 105 Å². The third-order valence-corrected chi connectivity index (χ3v) is 4.14. The summed E-state index contributed by atoms with van der Waals surface area (Å²) in [6.45, 7) is 11.6. The van der Waals surface area contributed by atoms with Crippen molar-refractivity contribution in [3.05, 3.63) is 36.6 Å². The zero-order valence-electron chi connectivity index (χ0n) is 10.9. The van der Waals surface area contributed by atoms with Gasteiger partial charge in [0, 0.05) is 32.9 Å². The summed E-state index contributed by atoms with van der Waals surface area (Å²) < 4.78 is 0. The van der Waals surface area contributed by atoms with Gasteiger partial charge in [-0.05, 0) is 35.8 Å². The Kier molecular flexibility index (Phi) is 4.06. The second-order valence-corrected chi connectivity index (χ2v) is 5.34. The van der Waals surface area contributed by atoms with Crippen molar-refractivity contribution in [3.63, 3.8) is 0 Å². The van der Waals surface area contributed by atoms with Gasteiger partial charge in [-0.2, -0.15) is 0 Å². The van der Waals surface area contributed by atoms with Crippen LogP contribution in [0.25, 0.3) is 0 Å². The molecule has 94 valence electrons. The monoisotopic (exact) mass is 232 g/mol. The van der Waals surface area contributed by atoms with E-state index in [1.807, 2.05) is 19.3 Å². The molecule has 0 aromatic heterocycles. The summed E-state index contributed by atoms with van der Waals surface area (Å²) >= 11 is 0. The van der Waals surface area contributed by atoms with Crippen LogP contribution in [0.5, 0.6) is 0 Å². The Bertz CT molecular complexity index is 318. The summed E-state index contributed by atoms with van der Waals surface area (Å²) in [5.74, 6) is 1.92. The smallest absolute Gasteiger partial charge is 0.0234 e. The molecule has 0 aromatic rings. The van der Waals surface area contributed by atoms with Gasteiger partial charge in [-0.15, -0.1) is 0 Å². The van der Waals surface area contributed by atoms with E-state index in [1.165, 1.54) is 37.9 Å². The molecule has 1 saturated heterocycles. The lowest BCUT2D eigenvalue weighted by atomic mass is 10.0. The first kappa shape index (κ1) is 12.4. The second kappa shape index (κ2) is 5.54. The van der Waals surface area contributed by atoms with E-state index < -0.39 is 0 Å². The predicted molar refractivity (Wildman–Crippen MR) is 73.8 cm³/mol. The Morgan fingerprint density at radius 2 is 2.00 bits per heavy atom. The fourth-order valence-electron chi connectivity index (χ4n) is 3.28. The Morgan fingerprint density at radius 1 is 1.35 bits per heavy atom. The van der Waals surface area contributed by atoms with E-state index in [-0.39, 0.29) is 0 Å². The zero-order chi connectivity index (χ0) is 12.3. The van der Waals surface area contributed by atoms with Gasteiger partial charge in [0.25, 0.3) is 0 Å². The predicted octanol–water partition coefficient (Wildman–Crippen LogP) is 2.56. The number of allylic oxidation sites excluding steroid dienone is 1. The van der Waals surface area contributed by atoms with E-state index in [4.69, 9.17) is 0 Å². The van der Waals surface area contributed by atoms with Crippen molar-refractivity contribution in [3.8, 4) is 0 Å². The first-order valence-electron chi connectivity index (χ1n) is 6.65. The number of nitrogens with one attached hydrogen (secondary N) is 1. The molecule has 2 unspecified atom stereocenters. The summed E-state index contributed by atoms with van der Waals surface area (Å²) in [6, 6.07) is 0. The van der Waals surface area contributed by atoms with E-state index in [1.54, 1.807) is 0 Å². The van der Waals surface area contributed by atoms with Crippen LogP contribution in [0, 0.1) is 11.8 Å². The highest BCUT2D eigenvalue weighted by Crippen LogP contribution is 2.37. The van der Waals surface area contributed by atoms with Crippen LogP contribution in [-0.4, -0.2) is 31.6 Å². The van der Waals surface area contributed by atoms with Crippen molar-refractivity contribution < 1.29 is 0 Å². The van der Waals surface area contributed by atoms with Gasteiger partial charge in [0.15, 0.2) is 0 Å². The average Bonchev–Trinajstić information content (AvgIpc) is 2.85. The number of rotatable bonds is 5. The molecule has 1 aliphatic heterocycles. The second-order valence-electron chi connectivity index (χ2n) is 5.34. The highest BCUT2D eigenvalue weighted by molar-refractivity contribution is 5.37. The number of hydrogen-bond acceptors (Lipinski definition) is 2. The first-order chi connectivity index (χ1) is 8.24. The van der Waals surface area contributed by atoms with Gasteiger partial charge in [-0.1, -0.05) is 25.7 Å². The molecule has 1 saturated carbocycles. The molecular weight excluding hydrogens is 208 g/mol. The maximum absolute atomic E-state index is 4.18. The highest BCUT2D eigenvalue weighted by atomic mass is 15.2. The van der Waals surface area contributed by atoms with Crippen LogP contribution in [0.15, 0.2) is 36.6 Å². The summed E-state index contributed by atoms with van der Waals surface area (Å²) in [5.41, 5.74) is 2.30. The summed E-state index contributed by atoms with van der Waals surface area (Å²) in [6.07, 6.45) is 8.19. The molecule has 2 heteroatoms. The minimum absolute atomic E-state index is 0.961. The number of hydrogen-bond donors (Lipinski definition) is 1. The first-order valence-corrected chi connectivity index (χ1v) is 6.65. The van der Waals surface area contributed by atoms with Crippen molar-refractivity contribution in [2.45, 2.75) is 19.3 Å². The molecule has 0 spiro atoms. The van der Waals surface area contributed by atoms with Crippen molar-refractivity contribution in [1.29, 1.82) is 0 Å². The molecular formula is C15H24N2. The summed E-state index contributed by atoms with van der Waals surface area (Å²) in [5, 5.41) is 3.05. The lowest BCUT2D eigenvalue weighted by Gasteiger charge is -2.18. The number of nitrogens with zero attached hydrogens (tertiary/aromatic N) is 1. The van der Waals surface area contributed by atoms with E-state index in [0.29, 0.717) is 0 Å². The van der Waals surface area contributed by atoms with Crippen molar-refractivity contribution >= 4 is 0 Å². The van der Waals surface area contributed by atoms with Crippen LogP contribution in [0.3, 0.4) is 0 Å². The lowest BCUT2D eigenvalue weighted by molar-refractivity contribution is 0.338. The van der Waals surface area contributed by atoms with Gasteiger partial charge >= 0.3 is 0 Å². The van der Waals surface area contributed by atoms with E-state index in [2.05, 4.69) is 23.4 Å². The molecule has 2 rings (SSSR count). The van der Waals surface area contributed by atoms with Crippen LogP contribution in [-0.2, 0) is 0 Å². The van der Waals surface area contributed by atoms with Gasteiger partial charge in [0.2, 0.25) is 0 Å². The Morgan fingerprint density at radius 3 is 2.53 bits per heavy atom. The third kappa shape index (κ3) is 2.81. The van der Waals surface area contributed by atoms with Crippen LogP contribution in [0.1, 0.15) is 19.3 Å². The Balaban J connectivity index is 1.87. The van der Waals surface area contributed by atoms with E-state index >= 15 is 0 Å². The SMILES string of the molecule is C=C/C(=C\NC)C(=C)CN1CC2CCCC2C1. The molecule has 2 nitrogen and oxygen atoms in total. The molecule has 1 N–H and O–H groups in total. The summed E-state index contributed by atoms with van der Waals surface area (Å²) in [4.78, 5) is 2.56. The van der Waals surface area contributed by atoms with Gasteiger partial charge < -0.3 is 5.32 Å². The minimum Gasteiger partial charge on any atom is -0.393 e. The largest absolute Gasteiger partial charge is 0.393 e. The van der Waals surface area contributed by atoms with Gasteiger partial charge in [-0.3, -0.25) is 4.90 Å². The fourth-order valence-corrected chi connectivity index (χ4v) is 3.28. The maximum atomic E-state index is 4.18. The molecule has 1 heterocycles. The standard InChI is InChI=1S/C15H24N2/c1-4-13(8-16-3)12(2)9-17-10-14-6-5-7-15(14)11-17/h4,8,14-16H,1-2,5-7,9-11H2,3H3/b13-8+. The minimum atomic E-state index is 0.961. The molecule has 2 aliphatic rings. The number of likely N-dealkylation sites (tertiary alicyclic amines) is 1. The molecule has 1 aliphatic carbocycles. The van der Waals surface area contributed by atoms with Gasteiger partial charge in [0.05, 0.1) is 0 Å². The molecule has 0 radical (unpaired) electrons. The molecule has 2 fully saturated rings. The Hall–Kier alpha value is -1.02. The summed E-state index contributed by atoms with van der Waals surface area (Å²) in [7, 11) is 1.91. The van der Waals surface area contributed by atoms with Crippen LogP contribution >= 0.6 is 0 Å².